The number of benzene rings is 2. The largest absolute Gasteiger partial charge is 0.494 e. The van der Waals surface area contributed by atoms with Crippen molar-refractivity contribution in [2.24, 2.45) is 0 Å². The van der Waals surface area contributed by atoms with E-state index in [1.807, 2.05) is 16.7 Å². The number of aliphatic hydroxyl groups is 1. The number of hydrogen-bond donors (Lipinski definition) is 1. The lowest BCUT2D eigenvalue weighted by molar-refractivity contribution is -0.141. The van der Waals surface area contributed by atoms with Crippen molar-refractivity contribution in [2.75, 3.05) is 7.11 Å². The van der Waals surface area contributed by atoms with Crippen LogP contribution in [0.1, 0.15) is 43.9 Å². The molecule has 0 amide bonds. The first-order chi connectivity index (χ1) is 18.3. The zero-order valence-electron chi connectivity index (χ0n) is 21.6. The predicted octanol–water partition coefficient (Wildman–Crippen LogP) is 5.35. The fourth-order valence-electron chi connectivity index (χ4n) is 4.88. The first kappa shape index (κ1) is 26.9. The third kappa shape index (κ3) is 4.71. The molecule has 0 saturated heterocycles. The van der Waals surface area contributed by atoms with Crippen LogP contribution in [0.4, 0.5) is 13.2 Å². The highest BCUT2D eigenvalue weighted by molar-refractivity contribution is 6.31. The summed E-state index contributed by atoms with van der Waals surface area (Å²) in [6.07, 6.45) is -2.24. The van der Waals surface area contributed by atoms with Gasteiger partial charge in [0.05, 0.1) is 17.7 Å². The summed E-state index contributed by atoms with van der Waals surface area (Å²) in [6.45, 7) is 5.37. The molecule has 3 heterocycles. The monoisotopic (exact) mass is 562 g/mol. The molecule has 0 radical (unpaired) electrons. The van der Waals surface area contributed by atoms with Gasteiger partial charge >= 0.3 is 6.18 Å². The van der Waals surface area contributed by atoms with Crippen LogP contribution in [0.5, 0.6) is 11.5 Å². The quantitative estimate of drug-likeness (QED) is 0.338. The van der Waals surface area contributed by atoms with Gasteiger partial charge in [-0.25, -0.2) is 9.67 Å². The summed E-state index contributed by atoms with van der Waals surface area (Å²) in [5, 5.41) is 24.0. The van der Waals surface area contributed by atoms with E-state index < -0.39 is 28.0 Å². The molecule has 13 heteroatoms. The summed E-state index contributed by atoms with van der Waals surface area (Å²) >= 11 is 5.81. The minimum Gasteiger partial charge on any atom is -0.494 e. The molecule has 5 rings (SSSR count). The standard InChI is InChI=1S/C26H26ClF3N6O3/c1-15-31-14-36(34-15)20-9-6-16(12-21(20)38-4)22-32-33-23-25(24(2,3)37,10-5-11-35(22)23)39-17-7-8-19(27)18(13-17)26(28,29)30/h6-9,12-14,37H,5,10-11H2,1-4H3. The van der Waals surface area contributed by atoms with Crippen LogP contribution in [0.3, 0.4) is 0 Å². The zero-order valence-corrected chi connectivity index (χ0v) is 22.4. The van der Waals surface area contributed by atoms with Crippen LogP contribution in [-0.2, 0) is 18.3 Å². The molecule has 0 aliphatic carbocycles. The first-order valence-corrected chi connectivity index (χ1v) is 12.5. The van der Waals surface area contributed by atoms with Crippen LogP contribution < -0.4 is 9.47 Å². The van der Waals surface area contributed by atoms with Crippen molar-refractivity contribution in [3.05, 3.63) is 65.0 Å². The maximum absolute atomic E-state index is 13.5. The molecule has 2 aromatic heterocycles. The van der Waals surface area contributed by atoms with Gasteiger partial charge < -0.3 is 19.1 Å². The lowest BCUT2D eigenvalue weighted by Gasteiger charge is -2.44. The van der Waals surface area contributed by atoms with Crippen LogP contribution in [-0.4, -0.2) is 47.3 Å². The smallest absolute Gasteiger partial charge is 0.417 e. The van der Waals surface area contributed by atoms with E-state index in [1.165, 1.54) is 19.9 Å². The van der Waals surface area contributed by atoms with Crippen LogP contribution in [0.25, 0.3) is 17.1 Å². The third-order valence-corrected chi connectivity index (χ3v) is 7.17. The highest BCUT2D eigenvalue weighted by Crippen LogP contribution is 2.46. The number of alkyl halides is 3. The molecule has 0 saturated carbocycles. The van der Waals surface area contributed by atoms with Crippen molar-refractivity contribution in [1.82, 2.24) is 29.5 Å². The fourth-order valence-corrected chi connectivity index (χ4v) is 5.10. The Morgan fingerprint density at radius 2 is 1.87 bits per heavy atom. The van der Waals surface area contributed by atoms with E-state index in [0.717, 1.165) is 12.1 Å². The summed E-state index contributed by atoms with van der Waals surface area (Å²) in [4.78, 5) is 4.16. The Hall–Kier alpha value is -3.64. The van der Waals surface area contributed by atoms with Gasteiger partial charge in [-0.2, -0.15) is 18.3 Å². The number of ether oxygens (including phenoxy) is 2. The van der Waals surface area contributed by atoms with Crippen molar-refractivity contribution in [3.63, 3.8) is 0 Å². The molecule has 0 fully saturated rings. The van der Waals surface area contributed by atoms with Gasteiger partial charge in [-0.1, -0.05) is 11.6 Å². The number of rotatable bonds is 6. The number of methoxy groups -OCH3 is 1. The van der Waals surface area contributed by atoms with Gasteiger partial charge in [0.25, 0.3) is 0 Å². The van der Waals surface area contributed by atoms with Gasteiger partial charge in [-0.05, 0) is 70.0 Å². The summed E-state index contributed by atoms with van der Waals surface area (Å²) in [5.74, 6) is 1.83. The van der Waals surface area contributed by atoms with E-state index in [-0.39, 0.29) is 5.75 Å². The van der Waals surface area contributed by atoms with Crippen LogP contribution in [0.15, 0.2) is 42.7 Å². The Morgan fingerprint density at radius 3 is 2.51 bits per heavy atom. The normalized spacial score (nSPS) is 17.7. The second kappa shape index (κ2) is 9.53. The average molecular weight is 563 g/mol. The predicted molar refractivity (Wildman–Crippen MR) is 136 cm³/mol. The van der Waals surface area contributed by atoms with Gasteiger partial charge in [-0.15, -0.1) is 10.2 Å². The van der Waals surface area contributed by atoms with E-state index in [0.29, 0.717) is 53.9 Å². The Kier molecular flexibility index (Phi) is 6.58. The topological polar surface area (TPSA) is 100 Å². The van der Waals surface area contributed by atoms with E-state index in [2.05, 4.69) is 20.3 Å². The van der Waals surface area contributed by atoms with Crippen LogP contribution in [0.2, 0.25) is 5.02 Å². The first-order valence-electron chi connectivity index (χ1n) is 12.1. The Balaban J connectivity index is 1.59. The summed E-state index contributed by atoms with van der Waals surface area (Å²) in [5.41, 5.74) is -2.70. The summed E-state index contributed by atoms with van der Waals surface area (Å²) in [7, 11) is 1.54. The molecule has 39 heavy (non-hydrogen) atoms. The number of nitrogens with zero attached hydrogens (tertiary/aromatic N) is 6. The van der Waals surface area contributed by atoms with Gasteiger partial charge in [-0.3, -0.25) is 0 Å². The summed E-state index contributed by atoms with van der Waals surface area (Å²) in [6, 6.07) is 8.75. The molecule has 0 bridgehead atoms. The molecule has 0 spiro atoms. The zero-order chi connectivity index (χ0) is 28.2. The Labute approximate surface area is 227 Å². The highest BCUT2D eigenvalue weighted by atomic mass is 35.5. The molecule has 1 atom stereocenters. The van der Waals surface area contributed by atoms with E-state index in [4.69, 9.17) is 21.1 Å². The molecular formula is C26H26ClF3N6O3. The molecule has 2 aromatic carbocycles. The molecular weight excluding hydrogens is 537 g/mol. The molecule has 9 nitrogen and oxygen atoms in total. The van der Waals surface area contributed by atoms with Gasteiger partial charge in [0.1, 0.15) is 34.9 Å². The Bertz CT molecular complexity index is 1530. The third-order valence-electron chi connectivity index (χ3n) is 6.84. The molecule has 4 aromatic rings. The number of aromatic nitrogens is 6. The van der Waals surface area contributed by atoms with Crippen molar-refractivity contribution in [1.29, 1.82) is 0 Å². The molecule has 1 N–H and O–H groups in total. The SMILES string of the molecule is COc1cc(-c2nnc3n2CCCC3(Oc2ccc(Cl)c(C(F)(F)F)c2)C(C)(C)O)ccc1-n1cnc(C)n1. The molecule has 1 aliphatic rings. The lowest BCUT2D eigenvalue weighted by atomic mass is 9.79. The van der Waals surface area contributed by atoms with Crippen LogP contribution >= 0.6 is 11.6 Å². The number of aryl methyl sites for hydroxylation is 1. The second-order valence-electron chi connectivity index (χ2n) is 9.85. The van der Waals surface area contributed by atoms with Crippen molar-refractivity contribution >= 4 is 11.6 Å². The molecule has 1 unspecified atom stereocenters. The van der Waals surface area contributed by atoms with E-state index in [9.17, 15) is 18.3 Å². The maximum Gasteiger partial charge on any atom is 0.417 e. The van der Waals surface area contributed by atoms with E-state index >= 15 is 0 Å². The highest BCUT2D eigenvalue weighted by Gasteiger charge is 2.53. The molecule has 1 aliphatic heterocycles. The fraction of sp³-hybridized carbons (Fsp3) is 0.385. The Morgan fingerprint density at radius 1 is 1.10 bits per heavy atom. The summed E-state index contributed by atoms with van der Waals surface area (Å²) < 4.78 is 55.8. The lowest BCUT2D eigenvalue weighted by Crippen LogP contribution is -2.55. The van der Waals surface area contributed by atoms with Crippen molar-refractivity contribution in [2.45, 2.75) is 57.5 Å². The van der Waals surface area contributed by atoms with Gasteiger partial charge in [0.2, 0.25) is 0 Å². The van der Waals surface area contributed by atoms with E-state index in [1.54, 1.807) is 31.1 Å². The average Bonchev–Trinajstić information content (AvgIpc) is 3.50. The van der Waals surface area contributed by atoms with Gasteiger partial charge in [0, 0.05) is 12.1 Å². The maximum atomic E-state index is 13.5. The van der Waals surface area contributed by atoms with Crippen LogP contribution in [0, 0.1) is 6.92 Å². The number of fused-ring (bicyclic) bond motifs is 1. The van der Waals surface area contributed by atoms with Crippen molar-refractivity contribution < 1.29 is 27.8 Å². The van der Waals surface area contributed by atoms with Crippen molar-refractivity contribution in [3.8, 4) is 28.6 Å². The molecule has 206 valence electrons. The minimum atomic E-state index is -4.67. The number of hydrogen-bond acceptors (Lipinski definition) is 7. The second-order valence-corrected chi connectivity index (χ2v) is 10.3. The van der Waals surface area contributed by atoms with Gasteiger partial charge in [0.15, 0.2) is 17.2 Å². The minimum absolute atomic E-state index is 0.0963. The number of halogens is 4.